The van der Waals surface area contributed by atoms with Gasteiger partial charge in [-0.1, -0.05) is 17.7 Å². The monoisotopic (exact) mass is 246 g/mol. The molecule has 5 heteroatoms. The highest BCUT2D eigenvalue weighted by atomic mass is 35.5. The number of H-pyrrole nitrogens is 1. The van der Waals surface area contributed by atoms with Gasteiger partial charge in [-0.15, -0.1) is 0 Å². The van der Waals surface area contributed by atoms with Gasteiger partial charge < -0.3 is 10.3 Å². The molecule has 0 saturated heterocycles. The summed E-state index contributed by atoms with van der Waals surface area (Å²) < 4.78 is 2.05. The molecule has 2 aromatic heterocycles. The van der Waals surface area contributed by atoms with Gasteiger partial charge in [-0.2, -0.15) is 5.10 Å². The van der Waals surface area contributed by atoms with Crippen molar-refractivity contribution < 1.29 is 0 Å². The molecule has 0 saturated carbocycles. The third-order valence-corrected chi connectivity index (χ3v) is 3.17. The van der Waals surface area contributed by atoms with Gasteiger partial charge in [-0.05, 0) is 18.2 Å². The van der Waals surface area contributed by atoms with E-state index >= 15 is 0 Å². The molecule has 0 atom stereocenters. The van der Waals surface area contributed by atoms with Crippen molar-refractivity contribution in [3.05, 3.63) is 35.5 Å². The summed E-state index contributed by atoms with van der Waals surface area (Å²) in [5.74, 6) is 0. The number of hydrogen-bond acceptors (Lipinski definition) is 2. The third kappa shape index (κ3) is 1.49. The molecular formula is C12H11ClN4. The van der Waals surface area contributed by atoms with Gasteiger partial charge in [0.05, 0.1) is 17.6 Å². The van der Waals surface area contributed by atoms with E-state index in [2.05, 4.69) is 16.3 Å². The van der Waals surface area contributed by atoms with E-state index in [4.69, 9.17) is 17.3 Å². The van der Waals surface area contributed by atoms with Crippen LogP contribution in [0.2, 0.25) is 5.02 Å². The van der Waals surface area contributed by atoms with Crippen molar-refractivity contribution in [1.29, 1.82) is 0 Å². The van der Waals surface area contributed by atoms with E-state index in [0.29, 0.717) is 5.69 Å². The number of fused-ring (bicyclic) bond motifs is 1. The standard InChI is InChI=1S/C12H11ClN4/c1-17-10-5-8(13)3-2-7(10)4-11(17)12-9(14)6-15-16-12/h2-6H,14H2,1H3,(H,15,16). The zero-order valence-electron chi connectivity index (χ0n) is 9.24. The van der Waals surface area contributed by atoms with Gasteiger partial charge >= 0.3 is 0 Å². The highest BCUT2D eigenvalue weighted by molar-refractivity contribution is 6.31. The first-order chi connectivity index (χ1) is 8.16. The first kappa shape index (κ1) is 10.2. The Labute approximate surface area is 103 Å². The number of nitrogen functional groups attached to an aromatic ring is 1. The molecule has 0 fully saturated rings. The minimum Gasteiger partial charge on any atom is -0.396 e. The molecule has 0 aliphatic carbocycles. The number of anilines is 1. The summed E-state index contributed by atoms with van der Waals surface area (Å²) in [4.78, 5) is 0. The molecule has 0 radical (unpaired) electrons. The average Bonchev–Trinajstić information content (AvgIpc) is 2.84. The number of nitrogens with zero attached hydrogens (tertiary/aromatic N) is 2. The van der Waals surface area contributed by atoms with E-state index in [1.165, 1.54) is 0 Å². The van der Waals surface area contributed by atoms with Crippen LogP contribution in [-0.2, 0) is 7.05 Å². The minimum absolute atomic E-state index is 0.641. The summed E-state index contributed by atoms with van der Waals surface area (Å²) in [7, 11) is 1.98. The molecule has 0 spiro atoms. The topological polar surface area (TPSA) is 59.6 Å². The van der Waals surface area contributed by atoms with Crippen LogP contribution < -0.4 is 5.73 Å². The van der Waals surface area contributed by atoms with Crippen LogP contribution in [0, 0.1) is 0 Å². The van der Waals surface area contributed by atoms with Crippen molar-refractivity contribution in [2.75, 3.05) is 5.73 Å². The molecule has 0 aliphatic heterocycles. The zero-order chi connectivity index (χ0) is 12.0. The van der Waals surface area contributed by atoms with E-state index < -0.39 is 0 Å². The van der Waals surface area contributed by atoms with Crippen molar-refractivity contribution in [3.8, 4) is 11.4 Å². The Balaban J connectivity index is 2.32. The highest BCUT2D eigenvalue weighted by Gasteiger charge is 2.11. The largest absolute Gasteiger partial charge is 0.396 e. The molecule has 0 amide bonds. The number of halogens is 1. The van der Waals surface area contributed by atoms with Crippen LogP contribution in [0.3, 0.4) is 0 Å². The molecule has 0 aliphatic rings. The Morgan fingerprint density at radius 2 is 2.18 bits per heavy atom. The maximum atomic E-state index is 6.00. The molecular weight excluding hydrogens is 236 g/mol. The number of aromatic amines is 1. The first-order valence-corrected chi connectivity index (χ1v) is 5.59. The van der Waals surface area contributed by atoms with Gasteiger partial charge in [0.2, 0.25) is 0 Å². The second kappa shape index (κ2) is 3.53. The third-order valence-electron chi connectivity index (χ3n) is 2.93. The fourth-order valence-corrected chi connectivity index (χ4v) is 2.21. The molecule has 0 unspecified atom stereocenters. The average molecular weight is 247 g/mol. The normalized spacial score (nSPS) is 11.2. The highest BCUT2D eigenvalue weighted by Crippen LogP contribution is 2.30. The Hall–Kier alpha value is -1.94. The SMILES string of the molecule is Cn1c(-c2[nH]ncc2N)cc2ccc(Cl)cc21. The van der Waals surface area contributed by atoms with Gasteiger partial charge in [0.15, 0.2) is 0 Å². The van der Waals surface area contributed by atoms with Crippen LogP contribution in [0.25, 0.3) is 22.3 Å². The maximum absolute atomic E-state index is 6.00. The van der Waals surface area contributed by atoms with Gasteiger partial charge in [0, 0.05) is 23.0 Å². The fraction of sp³-hybridized carbons (Fsp3) is 0.0833. The number of nitrogens with two attached hydrogens (primary N) is 1. The summed E-state index contributed by atoms with van der Waals surface area (Å²) in [6, 6.07) is 7.88. The smallest absolute Gasteiger partial charge is 0.104 e. The summed E-state index contributed by atoms with van der Waals surface area (Å²) in [5, 5.41) is 8.70. The molecule has 3 rings (SSSR count). The predicted molar refractivity (Wildman–Crippen MR) is 69.9 cm³/mol. The van der Waals surface area contributed by atoms with Gasteiger partial charge in [0.1, 0.15) is 5.69 Å². The Kier molecular flexibility index (Phi) is 2.12. The quantitative estimate of drug-likeness (QED) is 0.694. The van der Waals surface area contributed by atoms with Gasteiger partial charge in [-0.3, -0.25) is 5.10 Å². The lowest BCUT2D eigenvalue weighted by Gasteiger charge is -2.02. The lowest BCUT2D eigenvalue weighted by Crippen LogP contribution is -1.94. The van der Waals surface area contributed by atoms with Crippen LogP contribution in [0.4, 0.5) is 5.69 Å². The second-order valence-electron chi connectivity index (χ2n) is 3.99. The van der Waals surface area contributed by atoms with Crippen LogP contribution in [0.5, 0.6) is 0 Å². The van der Waals surface area contributed by atoms with Crippen molar-refractivity contribution in [3.63, 3.8) is 0 Å². The number of nitrogens with one attached hydrogen (secondary N) is 1. The molecule has 4 nitrogen and oxygen atoms in total. The number of hydrogen-bond donors (Lipinski definition) is 2. The fourth-order valence-electron chi connectivity index (χ4n) is 2.04. The van der Waals surface area contributed by atoms with Crippen LogP contribution >= 0.6 is 11.6 Å². The lowest BCUT2D eigenvalue weighted by atomic mass is 10.2. The van der Waals surface area contributed by atoms with Crippen molar-refractivity contribution in [1.82, 2.24) is 14.8 Å². The van der Waals surface area contributed by atoms with Gasteiger partial charge in [-0.25, -0.2) is 0 Å². The summed E-state index contributed by atoms with van der Waals surface area (Å²) in [5.41, 5.74) is 9.40. The van der Waals surface area contributed by atoms with E-state index in [1.54, 1.807) is 6.20 Å². The molecule has 3 N–H and O–H groups in total. The van der Waals surface area contributed by atoms with E-state index in [0.717, 1.165) is 27.3 Å². The molecule has 0 bridgehead atoms. The molecule has 2 heterocycles. The first-order valence-electron chi connectivity index (χ1n) is 5.21. The van der Waals surface area contributed by atoms with Crippen molar-refractivity contribution in [2.45, 2.75) is 0 Å². The van der Waals surface area contributed by atoms with Crippen molar-refractivity contribution in [2.24, 2.45) is 7.05 Å². The lowest BCUT2D eigenvalue weighted by molar-refractivity contribution is 0.964. The Morgan fingerprint density at radius 1 is 1.35 bits per heavy atom. The van der Waals surface area contributed by atoms with Crippen LogP contribution in [0.15, 0.2) is 30.5 Å². The van der Waals surface area contributed by atoms with E-state index in [1.807, 2.05) is 29.8 Å². The summed E-state index contributed by atoms with van der Waals surface area (Å²) in [6.45, 7) is 0. The maximum Gasteiger partial charge on any atom is 0.104 e. The van der Waals surface area contributed by atoms with Crippen molar-refractivity contribution >= 4 is 28.2 Å². The van der Waals surface area contributed by atoms with E-state index in [-0.39, 0.29) is 0 Å². The number of aryl methyl sites for hydroxylation is 1. The van der Waals surface area contributed by atoms with Gasteiger partial charge in [0.25, 0.3) is 0 Å². The molecule has 17 heavy (non-hydrogen) atoms. The van der Waals surface area contributed by atoms with E-state index in [9.17, 15) is 0 Å². The predicted octanol–water partition coefficient (Wildman–Crippen LogP) is 2.80. The minimum atomic E-state index is 0.641. The number of benzene rings is 1. The second-order valence-corrected chi connectivity index (χ2v) is 4.43. The Morgan fingerprint density at radius 3 is 2.88 bits per heavy atom. The van der Waals surface area contributed by atoms with Crippen LogP contribution in [-0.4, -0.2) is 14.8 Å². The summed E-state index contributed by atoms with van der Waals surface area (Å²) >= 11 is 6.00. The number of rotatable bonds is 1. The summed E-state index contributed by atoms with van der Waals surface area (Å²) in [6.07, 6.45) is 1.61. The zero-order valence-corrected chi connectivity index (χ0v) is 9.99. The molecule has 86 valence electrons. The molecule has 3 aromatic rings. The molecule has 1 aromatic carbocycles. The van der Waals surface area contributed by atoms with Crippen LogP contribution in [0.1, 0.15) is 0 Å². The number of aromatic nitrogens is 3. The Bertz CT molecular complexity index is 696.